The molecule has 1 aliphatic rings. The standard InChI is InChI=1S/C19H21NO3S/c21-18(13-23-19(22)11-10-15-7-4-12-24-15)20-17-9-3-6-14-5-1-2-8-16(14)17/h1-2,4-5,7-8,12,17H,3,6,9-11,13H2,(H,20,21)/t17-/m1/s1. The number of fused-ring (bicyclic) bond motifs is 1. The first-order valence-corrected chi connectivity index (χ1v) is 9.15. The Hall–Kier alpha value is -2.14. The zero-order valence-corrected chi connectivity index (χ0v) is 14.3. The third-order valence-corrected chi connectivity index (χ3v) is 5.16. The third kappa shape index (κ3) is 4.45. The van der Waals surface area contributed by atoms with E-state index in [-0.39, 0.29) is 24.5 Å². The number of hydrogen-bond donors (Lipinski definition) is 1. The number of nitrogens with one attached hydrogen (secondary N) is 1. The van der Waals surface area contributed by atoms with Gasteiger partial charge in [-0.2, -0.15) is 0 Å². The molecule has 0 bridgehead atoms. The van der Waals surface area contributed by atoms with Crippen LogP contribution in [-0.2, 0) is 27.2 Å². The van der Waals surface area contributed by atoms with Crippen molar-refractivity contribution in [2.45, 2.75) is 38.1 Å². The van der Waals surface area contributed by atoms with E-state index in [1.165, 1.54) is 11.1 Å². The van der Waals surface area contributed by atoms with Crippen molar-refractivity contribution in [3.8, 4) is 0 Å². The lowest BCUT2D eigenvalue weighted by Gasteiger charge is -2.26. The van der Waals surface area contributed by atoms with Crippen LogP contribution in [0, 0.1) is 0 Å². The van der Waals surface area contributed by atoms with E-state index in [1.807, 2.05) is 29.6 Å². The molecule has 2 aromatic rings. The third-order valence-electron chi connectivity index (χ3n) is 4.22. The van der Waals surface area contributed by atoms with E-state index in [4.69, 9.17) is 4.74 Å². The van der Waals surface area contributed by atoms with Gasteiger partial charge in [-0.25, -0.2) is 0 Å². The molecule has 4 nitrogen and oxygen atoms in total. The van der Waals surface area contributed by atoms with Gasteiger partial charge in [-0.3, -0.25) is 9.59 Å². The summed E-state index contributed by atoms with van der Waals surface area (Å²) in [4.78, 5) is 25.0. The highest BCUT2D eigenvalue weighted by Crippen LogP contribution is 2.29. The van der Waals surface area contributed by atoms with E-state index < -0.39 is 0 Å². The summed E-state index contributed by atoms with van der Waals surface area (Å²) in [6, 6.07) is 12.2. The Labute approximate surface area is 145 Å². The molecule has 0 aliphatic heterocycles. The van der Waals surface area contributed by atoms with E-state index in [1.54, 1.807) is 11.3 Å². The first kappa shape index (κ1) is 16.7. The number of amides is 1. The van der Waals surface area contributed by atoms with Crippen LogP contribution >= 0.6 is 11.3 Å². The Bertz CT molecular complexity index is 696. The first-order valence-electron chi connectivity index (χ1n) is 8.27. The molecule has 1 aromatic carbocycles. The maximum Gasteiger partial charge on any atom is 0.306 e. The molecule has 0 fully saturated rings. The molecule has 1 aromatic heterocycles. The van der Waals surface area contributed by atoms with Crippen molar-refractivity contribution in [3.63, 3.8) is 0 Å². The van der Waals surface area contributed by atoms with Crippen LogP contribution in [0.1, 0.15) is 41.3 Å². The highest BCUT2D eigenvalue weighted by Gasteiger charge is 2.21. The predicted octanol–water partition coefficient (Wildman–Crippen LogP) is 3.42. The summed E-state index contributed by atoms with van der Waals surface area (Å²) in [6.07, 6.45) is 4.01. The second kappa shape index (κ2) is 8.11. The quantitative estimate of drug-likeness (QED) is 0.818. The van der Waals surface area contributed by atoms with E-state index in [2.05, 4.69) is 17.4 Å². The summed E-state index contributed by atoms with van der Waals surface area (Å²) in [5.74, 6) is -0.566. The van der Waals surface area contributed by atoms with Gasteiger partial charge in [0.15, 0.2) is 6.61 Å². The fourth-order valence-electron chi connectivity index (χ4n) is 3.04. The van der Waals surface area contributed by atoms with Gasteiger partial charge < -0.3 is 10.1 Å². The molecule has 126 valence electrons. The molecule has 3 rings (SSSR count). The Morgan fingerprint density at radius 1 is 1.21 bits per heavy atom. The van der Waals surface area contributed by atoms with E-state index in [0.29, 0.717) is 12.8 Å². The van der Waals surface area contributed by atoms with Crippen molar-refractivity contribution in [2.75, 3.05) is 6.61 Å². The summed E-state index contributed by atoms with van der Waals surface area (Å²) < 4.78 is 5.09. The zero-order chi connectivity index (χ0) is 16.8. The number of carbonyl (C=O) groups excluding carboxylic acids is 2. The molecule has 1 atom stereocenters. The Morgan fingerprint density at radius 3 is 2.92 bits per heavy atom. The smallest absolute Gasteiger partial charge is 0.306 e. The zero-order valence-electron chi connectivity index (χ0n) is 13.5. The van der Waals surface area contributed by atoms with Gasteiger partial charge in [0.2, 0.25) is 0 Å². The van der Waals surface area contributed by atoms with Crippen LogP contribution in [-0.4, -0.2) is 18.5 Å². The van der Waals surface area contributed by atoms with Crippen molar-refractivity contribution in [1.29, 1.82) is 0 Å². The number of rotatable bonds is 6. The molecule has 0 radical (unpaired) electrons. The van der Waals surface area contributed by atoms with E-state index in [0.717, 1.165) is 24.1 Å². The minimum Gasteiger partial charge on any atom is -0.456 e. The van der Waals surface area contributed by atoms with Crippen LogP contribution in [0.15, 0.2) is 41.8 Å². The largest absolute Gasteiger partial charge is 0.456 e. The number of carbonyl (C=O) groups is 2. The summed E-state index contributed by atoms with van der Waals surface area (Å²) in [5, 5.41) is 4.97. The number of aryl methyl sites for hydroxylation is 2. The molecular formula is C19H21NO3S. The molecule has 1 aliphatic carbocycles. The molecule has 0 saturated heterocycles. The van der Waals surface area contributed by atoms with Gasteiger partial charge in [0, 0.05) is 4.88 Å². The van der Waals surface area contributed by atoms with Gasteiger partial charge in [0.1, 0.15) is 0 Å². The van der Waals surface area contributed by atoms with Gasteiger partial charge in [-0.1, -0.05) is 30.3 Å². The average Bonchev–Trinajstić information content (AvgIpc) is 3.12. The minimum absolute atomic E-state index is 0.0206. The number of thiophene rings is 1. The van der Waals surface area contributed by atoms with Crippen LogP contribution in [0.5, 0.6) is 0 Å². The van der Waals surface area contributed by atoms with Gasteiger partial charge in [-0.15, -0.1) is 11.3 Å². The number of esters is 1. The Kier molecular flexibility index (Phi) is 5.64. The normalized spacial score (nSPS) is 16.2. The minimum atomic E-state index is -0.331. The molecule has 1 heterocycles. The number of ether oxygens (including phenoxy) is 1. The topological polar surface area (TPSA) is 55.4 Å². The van der Waals surface area contributed by atoms with Gasteiger partial charge >= 0.3 is 5.97 Å². The van der Waals surface area contributed by atoms with Crippen LogP contribution in [0.4, 0.5) is 0 Å². The summed E-state index contributed by atoms with van der Waals surface area (Å²) in [5.41, 5.74) is 2.48. The predicted molar refractivity (Wildman–Crippen MR) is 93.9 cm³/mol. The fraction of sp³-hybridized carbons (Fsp3) is 0.368. The summed E-state index contributed by atoms with van der Waals surface area (Å²) in [7, 11) is 0. The second-order valence-electron chi connectivity index (χ2n) is 5.95. The van der Waals surface area contributed by atoms with E-state index >= 15 is 0 Å². The van der Waals surface area contributed by atoms with Crippen LogP contribution < -0.4 is 5.32 Å². The summed E-state index contributed by atoms with van der Waals surface area (Å²) in [6.45, 7) is -0.206. The number of hydrogen-bond acceptors (Lipinski definition) is 4. The van der Waals surface area contributed by atoms with Gasteiger partial charge in [-0.05, 0) is 48.3 Å². The SMILES string of the molecule is O=C(COC(=O)CCc1cccs1)N[C@@H]1CCCc2ccccc21. The fourth-order valence-corrected chi connectivity index (χ4v) is 3.75. The molecule has 1 N–H and O–H groups in total. The lowest BCUT2D eigenvalue weighted by molar-refractivity contribution is -0.148. The maximum atomic E-state index is 12.1. The molecule has 24 heavy (non-hydrogen) atoms. The number of benzene rings is 1. The van der Waals surface area contributed by atoms with Crippen LogP contribution in [0.3, 0.4) is 0 Å². The first-order chi connectivity index (χ1) is 11.7. The molecule has 0 spiro atoms. The highest BCUT2D eigenvalue weighted by molar-refractivity contribution is 7.09. The van der Waals surface area contributed by atoms with Gasteiger partial charge in [0.25, 0.3) is 5.91 Å². The Balaban J connectivity index is 1.44. The van der Waals surface area contributed by atoms with Crippen LogP contribution in [0.25, 0.3) is 0 Å². The van der Waals surface area contributed by atoms with Crippen molar-refractivity contribution < 1.29 is 14.3 Å². The van der Waals surface area contributed by atoms with Crippen molar-refractivity contribution in [3.05, 3.63) is 57.8 Å². The van der Waals surface area contributed by atoms with Crippen molar-refractivity contribution in [1.82, 2.24) is 5.32 Å². The molecule has 1 amide bonds. The average molecular weight is 343 g/mol. The van der Waals surface area contributed by atoms with Crippen molar-refractivity contribution in [2.24, 2.45) is 0 Å². The summed E-state index contributed by atoms with van der Waals surface area (Å²) >= 11 is 1.62. The molecule has 5 heteroatoms. The van der Waals surface area contributed by atoms with Gasteiger partial charge in [0.05, 0.1) is 12.5 Å². The lowest BCUT2D eigenvalue weighted by Crippen LogP contribution is -2.34. The van der Waals surface area contributed by atoms with Crippen molar-refractivity contribution >= 4 is 23.2 Å². The molecule has 0 unspecified atom stereocenters. The second-order valence-corrected chi connectivity index (χ2v) is 6.98. The highest BCUT2D eigenvalue weighted by atomic mass is 32.1. The molecular weight excluding hydrogens is 322 g/mol. The van der Waals surface area contributed by atoms with Crippen LogP contribution in [0.2, 0.25) is 0 Å². The maximum absolute atomic E-state index is 12.1. The van der Waals surface area contributed by atoms with E-state index in [9.17, 15) is 9.59 Å². The Morgan fingerprint density at radius 2 is 2.08 bits per heavy atom. The monoisotopic (exact) mass is 343 g/mol. The lowest BCUT2D eigenvalue weighted by atomic mass is 9.88. The molecule has 0 saturated carbocycles.